The molecular weight excluding hydrogens is 346 g/mol. The summed E-state index contributed by atoms with van der Waals surface area (Å²) in [6, 6.07) is 8.71. The molecule has 3 rings (SSSR count). The first-order valence-corrected chi connectivity index (χ1v) is 9.20. The average Bonchev–Trinajstić information content (AvgIpc) is 3.27. The second kappa shape index (κ2) is 8.66. The topological polar surface area (TPSA) is 98.1 Å². The number of nitrogens with one attached hydrogen (secondary N) is 2. The van der Waals surface area contributed by atoms with Gasteiger partial charge in [-0.05, 0) is 17.9 Å². The van der Waals surface area contributed by atoms with Crippen LogP contribution in [0.1, 0.15) is 37.5 Å². The van der Waals surface area contributed by atoms with Crippen LogP contribution in [0.4, 0.5) is 4.79 Å². The van der Waals surface area contributed by atoms with E-state index in [1.165, 1.54) is 0 Å². The summed E-state index contributed by atoms with van der Waals surface area (Å²) in [6.45, 7) is 5.07. The Bertz CT molecular complexity index is 788. The minimum absolute atomic E-state index is 0.0848. The lowest BCUT2D eigenvalue weighted by atomic mass is 10.0. The fraction of sp³-hybridized carbons (Fsp3) is 0.474. The number of carbonyl (C=O) groups excluding carboxylic acids is 2. The summed E-state index contributed by atoms with van der Waals surface area (Å²) in [5, 5.41) is 13.7. The molecule has 0 unspecified atom stereocenters. The lowest BCUT2D eigenvalue weighted by Gasteiger charge is -2.21. The van der Waals surface area contributed by atoms with Crippen LogP contribution < -0.4 is 10.6 Å². The predicted octanol–water partition coefficient (Wildman–Crippen LogP) is 1.79. The van der Waals surface area contributed by atoms with Gasteiger partial charge in [0.05, 0.1) is 6.54 Å². The predicted molar refractivity (Wildman–Crippen MR) is 98.6 cm³/mol. The highest BCUT2D eigenvalue weighted by molar-refractivity contribution is 5.85. The van der Waals surface area contributed by atoms with E-state index in [0.29, 0.717) is 0 Å². The number of benzene rings is 1. The molecule has 0 saturated carbocycles. The molecule has 1 aliphatic rings. The van der Waals surface area contributed by atoms with Gasteiger partial charge in [0.15, 0.2) is 5.82 Å². The van der Waals surface area contributed by atoms with Gasteiger partial charge in [-0.15, -0.1) is 10.2 Å². The third-order valence-electron chi connectivity index (χ3n) is 4.54. The Labute approximate surface area is 158 Å². The maximum absolute atomic E-state index is 12.6. The van der Waals surface area contributed by atoms with Crippen LogP contribution in [0.2, 0.25) is 0 Å². The molecule has 2 aromatic rings. The van der Waals surface area contributed by atoms with Gasteiger partial charge < -0.3 is 19.9 Å². The summed E-state index contributed by atoms with van der Waals surface area (Å²) in [5.41, 5.74) is 0.888. The van der Waals surface area contributed by atoms with Crippen LogP contribution in [0.15, 0.2) is 30.3 Å². The lowest BCUT2D eigenvalue weighted by molar-refractivity contribution is -0.124. The van der Waals surface area contributed by atoms with E-state index in [4.69, 9.17) is 4.74 Å². The molecule has 2 amide bonds. The SMILES string of the molecule is CC(C)[C@@H](NC(=O)OCc1ccccc1)C(=O)NCc1nnc2n1CCC2. The fourth-order valence-corrected chi connectivity index (χ4v) is 3.04. The monoisotopic (exact) mass is 371 g/mol. The van der Waals surface area contributed by atoms with E-state index in [1.54, 1.807) is 0 Å². The molecule has 1 aromatic heterocycles. The molecule has 1 aliphatic heterocycles. The van der Waals surface area contributed by atoms with Crippen LogP contribution in [0, 0.1) is 5.92 Å². The van der Waals surface area contributed by atoms with Crippen molar-refractivity contribution in [3.05, 3.63) is 47.5 Å². The molecule has 0 bridgehead atoms. The number of ether oxygens (including phenoxy) is 1. The highest BCUT2D eigenvalue weighted by Gasteiger charge is 2.25. The van der Waals surface area contributed by atoms with Gasteiger partial charge in [-0.1, -0.05) is 44.2 Å². The Morgan fingerprint density at radius 2 is 2.00 bits per heavy atom. The van der Waals surface area contributed by atoms with Crippen molar-refractivity contribution in [3.63, 3.8) is 0 Å². The van der Waals surface area contributed by atoms with Gasteiger partial charge in [-0.2, -0.15) is 0 Å². The smallest absolute Gasteiger partial charge is 0.408 e. The molecule has 0 saturated heterocycles. The number of hydrogen-bond acceptors (Lipinski definition) is 5. The number of carbonyl (C=O) groups is 2. The molecule has 8 nitrogen and oxygen atoms in total. The zero-order valence-electron chi connectivity index (χ0n) is 15.6. The van der Waals surface area contributed by atoms with Crippen molar-refractivity contribution in [2.45, 2.75) is 52.4 Å². The van der Waals surface area contributed by atoms with Crippen LogP contribution in [0.25, 0.3) is 0 Å². The summed E-state index contributed by atoms with van der Waals surface area (Å²) < 4.78 is 7.25. The molecule has 0 radical (unpaired) electrons. The van der Waals surface area contributed by atoms with Crippen molar-refractivity contribution < 1.29 is 14.3 Å². The number of alkyl carbamates (subject to hydrolysis) is 1. The fourth-order valence-electron chi connectivity index (χ4n) is 3.04. The summed E-state index contributed by atoms with van der Waals surface area (Å²) >= 11 is 0. The summed E-state index contributed by atoms with van der Waals surface area (Å²) in [7, 11) is 0. The van der Waals surface area contributed by atoms with Gasteiger partial charge in [-0.25, -0.2) is 4.79 Å². The van der Waals surface area contributed by atoms with Crippen molar-refractivity contribution in [3.8, 4) is 0 Å². The van der Waals surface area contributed by atoms with Gasteiger partial charge in [0, 0.05) is 13.0 Å². The lowest BCUT2D eigenvalue weighted by Crippen LogP contribution is -2.49. The van der Waals surface area contributed by atoms with Crippen LogP contribution in [0.5, 0.6) is 0 Å². The summed E-state index contributed by atoms with van der Waals surface area (Å²) in [4.78, 5) is 24.6. The quantitative estimate of drug-likeness (QED) is 0.773. The van der Waals surface area contributed by atoms with Gasteiger partial charge in [0.2, 0.25) is 5.91 Å². The number of amides is 2. The van der Waals surface area contributed by atoms with Crippen molar-refractivity contribution in [2.75, 3.05) is 0 Å². The van der Waals surface area contributed by atoms with E-state index in [2.05, 4.69) is 20.8 Å². The second-order valence-corrected chi connectivity index (χ2v) is 6.93. The maximum Gasteiger partial charge on any atom is 0.408 e. The van der Waals surface area contributed by atoms with Crippen molar-refractivity contribution in [1.29, 1.82) is 0 Å². The van der Waals surface area contributed by atoms with Gasteiger partial charge in [0.1, 0.15) is 18.5 Å². The van der Waals surface area contributed by atoms with E-state index < -0.39 is 12.1 Å². The summed E-state index contributed by atoms with van der Waals surface area (Å²) in [5.74, 6) is 1.35. The Balaban J connectivity index is 1.51. The van der Waals surface area contributed by atoms with Crippen LogP contribution in [0.3, 0.4) is 0 Å². The Morgan fingerprint density at radius 3 is 2.74 bits per heavy atom. The molecule has 27 heavy (non-hydrogen) atoms. The van der Waals surface area contributed by atoms with E-state index in [0.717, 1.165) is 36.6 Å². The molecule has 1 aromatic carbocycles. The molecule has 8 heteroatoms. The Kier molecular flexibility index (Phi) is 6.05. The standard InChI is InChI=1S/C19H25N5O3/c1-13(2)17(21-19(26)27-12-14-7-4-3-5-8-14)18(25)20-11-16-23-22-15-9-6-10-24(15)16/h3-5,7-8,13,17H,6,9-12H2,1-2H3,(H,20,25)(H,21,26)/t17-/m1/s1. The molecule has 0 aliphatic carbocycles. The molecule has 2 N–H and O–H groups in total. The zero-order chi connectivity index (χ0) is 19.2. The normalized spacial score (nSPS) is 13.9. The third kappa shape index (κ3) is 4.84. The summed E-state index contributed by atoms with van der Waals surface area (Å²) in [6.07, 6.45) is 1.36. The highest BCUT2D eigenvalue weighted by Crippen LogP contribution is 2.14. The first kappa shape index (κ1) is 18.9. The van der Waals surface area contributed by atoms with E-state index in [9.17, 15) is 9.59 Å². The average molecular weight is 371 g/mol. The van der Waals surface area contributed by atoms with Crippen molar-refractivity contribution >= 4 is 12.0 Å². The van der Waals surface area contributed by atoms with E-state index in [1.807, 2.05) is 48.7 Å². The van der Waals surface area contributed by atoms with Gasteiger partial charge in [0.25, 0.3) is 0 Å². The first-order chi connectivity index (χ1) is 13.0. The van der Waals surface area contributed by atoms with Crippen LogP contribution >= 0.6 is 0 Å². The Hall–Kier alpha value is -2.90. The highest BCUT2D eigenvalue weighted by atomic mass is 16.5. The van der Waals surface area contributed by atoms with Crippen molar-refractivity contribution in [1.82, 2.24) is 25.4 Å². The van der Waals surface area contributed by atoms with Crippen LogP contribution in [-0.4, -0.2) is 32.8 Å². The maximum atomic E-state index is 12.6. The number of nitrogens with zero attached hydrogens (tertiary/aromatic N) is 3. The number of hydrogen-bond donors (Lipinski definition) is 2. The van der Waals surface area contributed by atoms with Gasteiger partial charge in [-0.3, -0.25) is 4.79 Å². The first-order valence-electron chi connectivity index (χ1n) is 9.20. The van der Waals surface area contributed by atoms with Gasteiger partial charge >= 0.3 is 6.09 Å². The number of fused-ring (bicyclic) bond motifs is 1. The number of rotatable bonds is 7. The number of aryl methyl sites for hydroxylation is 1. The van der Waals surface area contributed by atoms with Crippen LogP contribution in [-0.2, 0) is 35.6 Å². The van der Waals surface area contributed by atoms with Crippen molar-refractivity contribution in [2.24, 2.45) is 5.92 Å². The second-order valence-electron chi connectivity index (χ2n) is 6.93. The molecule has 0 fully saturated rings. The third-order valence-corrected chi connectivity index (χ3v) is 4.54. The Morgan fingerprint density at radius 1 is 1.22 bits per heavy atom. The molecule has 144 valence electrons. The number of aromatic nitrogens is 3. The molecule has 0 spiro atoms. The molecule has 2 heterocycles. The molecule has 1 atom stereocenters. The zero-order valence-corrected chi connectivity index (χ0v) is 15.6. The minimum Gasteiger partial charge on any atom is -0.445 e. The minimum atomic E-state index is -0.686. The van der Waals surface area contributed by atoms with E-state index >= 15 is 0 Å². The van der Waals surface area contributed by atoms with E-state index in [-0.39, 0.29) is 25.0 Å². The largest absolute Gasteiger partial charge is 0.445 e. The molecular formula is C19H25N5O3.